The Labute approximate surface area is 273 Å². The Kier molecular flexibility index (Phi) is 10.3. The highest BCUT2D eigenvalue weighted by Gasteiger charge is 2.26. The Morgan fingerprint density at radius 2 is 1.78 bits per heavy atom. The molecule has 0 fully saturated rings. The van der Waals surface area contributed by atoms with Gasteiger partial charge in [-0.3, -0.25) is 19.2 Å². The van der Waals surface area contributed by atoms with Crippen molar-refractivity contribution >= 4 is 63.5 Å². The molecule has 0 unspecified atom stereocenters. The molecule has 4 amide bonds. The van der Waals surface area contributed by atoms with Crippen molar-refractivity contribution in [2.24, 2.45) is 0 Å². The van der Waals surface area contributed by atoms with Crippen molar-refractivity contribution < 1.29 is 23.6 Å². The Bertz CT molecular complexity index is 1880. The normalized spacial score (nSPS) is 12.5. The summed E-state index contributed by atoms with van der Waals surface area (Å²) >= 11 is 2.54. The van der Waals surface area contributed by atoms with Crippen molar-refractivity contribution in [1.29, 1.82) is 5.26 Å². The molecular weight excluding hydrogens is 626 g/mol. The number of nitrogens with one attached hydrogen (secondary N) is 3. The number of benzene rings is 3. The molecule has 0 radical (unpaired) electrons. The number of carbonyl (C=O) groups is 4. The van der Waals surface area contributed by atoms with Crippen LogP contribution in [0.1, 0.15) is 38.8 Å². The molecule has 5 rings (SSSR count). The summed E-state index contributed by atoms with van der Waals surface area (Å²) in [6.45, 7) is 2.46. The first-order valence-corrected chi connectivity index (χ1v) is 16.0. The van der Waals surface area contributed by atoms with Crippen LogP contribution in [0.5, 0.6) is 0 Å². The van der Waals surface area contributed by atoms with E-state index in [-0.39, 0.29) is 28.8 Å². The molecule has 2 heterocycles. The third kappa shape index (κ3) is 7.87. The average Bonchev–Trinajstić information content (AvgIpc) is 3.40. The molecule has 4 aromatic rings. The Morgan fingerprint density at radius 1 is 1.02 bits per heavy atom. The number of carbonyl (C=O) groups excluding carboxylic acids is 4. The second-order valence-electron chi connectivity index (χ2n) is 10.2. The van der Waals surface area contributed by atoms with Gasteiger partial charge in [-0.15, -0.1) is 23.1 Å². The van der Waals surface area contributed by atoms with Crippen LogP contribution in [-0.2, 0) is 27.3 Å². The van der Waals surface area contributed by atoms with Crippen LogP contribution in [0.2, 0.25) is 0 Å². The van der Waals surface area contributed by atoms with Crippen molar-refractivity contribution in [3.63, 3.8) is 0 Å². The summed E-state index contributed by atoms with van der Waals surface area (Å²) in [5.74, 6) is -2.06. The van der Waals surface area contributed by atoms with Crippen LogP contribution in [0.15, 0.2) is 89.5 Å². The minimum absolute atomic E-state index is 0.0350. The van der Waals surface area contributed by atoms with Crippen molar-refractivity contribution in [2.75, 3.05) is 22.9 Å². The summed E-state index contributed by atoms with van der Waals surface area (Å²) in [4.78, 5) is 54.2. The van der Waals surface area contributed by atoms with Crippen LogP contribution in [-0.4, -0.2) is 40.8 Å². The smallest absolute Gasteiger partial charge is 0.272 e. The molecule has 1 aliphatic heterocycles. The Balaban J connectivity index is 1.25. The molecule has 0 saturated heterocycles. The van der Waals surface area contributed by atoms with Crippen molar-refractivity contribution in [2.45, 2.75) is 24.8 Å². The van der Waals surface area contributed by atoms with Crippen LogP contribution >= 0.6 is 23.1 Å². The van der Waals surface area contributed by atoms with Crippen molar-refractivity contribution in [1.82, 2.24) is 10.2 Å². The summed E-state index contributed by atoms with van der Waals surface area (Å²) < 4.78 is 14.4. The standard InChI is InChI=1S/C34H28FN5O4S2/c1-21(41)40-15-14-26-27(18-36)34(46-30(26)19-40)39-31(42)20-45-25-12-7-11-24(17-25)37-33(44)29(16-23-10-5-6-13-28(23)35)38-32(43)22-8-3-2-4-9-22/h2-13,16-17H,14-15,19-20H2,1H3,(H,37,44)(H,38,43)(H,39,42)/b29-16-. The van der Waals surface area contributed by atoms with Gasteiger partial charge in [0.05, 0.1) is 17.9 Å². The van der Waals surface area contributed by atoms with E-state index in [4.69, 9.17) is 0 Å². The quantitative estimate of drug-likeness (QED) is 0.155. The first kappa shape index (κ1) is 32.2. The van der Waals surface area contributed by atoms with Crippen LogP contribution in [0.4, 0.5) is 15.1 Å². The maximum atomic E-state index is 14.4. The fourth-order valence-corrected chi connectivity index (χ4v) is 6.73. The Morgan fingerprint density at radius 3 is 2.52 bits per heavy atom. The Hall–Kier alpha value is -5.25. The molecular formula is C34H28FN5O4S2. The van der Waals surface area contributed by atoms with Gasteiger partial charge in [-0.2, -0.15) is 5.26 Å². The average molecular weight is 654 g/mol. The number of thioether (sulfide) groups is 1. The van der Waals surface area contributed by atoms with Crippen LogP contribution in [0.25, 0.3) is 6.08 Å². The number of nitriles is 1. The minimum Gasteiger partial charge on any atom is -0.337 e. The predicted molar refractivity (Wildman–Crippen MR) is 177 cm³/mol. The summed E-state index contributed by atoms with van der Waals surface area (Å²) in [6, 6.07) is 23.3. The topological polar surface area (TPSA) is 131 Å². The monoisotopic (exact) mass is 653 g/mol. The molecule has 0 spiro atoms. The SMILES string of the molecule is CC(=O)N1CCc2c(sc(NC(=O)CSc3cccc(NC(=O)/C(=C/c4ccccc4F)NC(=O)c4ccccc4)c3)c2C#N)C1. The summed E-state index contributed by atoms with van der Waals surface area (Å²) in [5.41, 5.74) is 2.00. The largest absolute Gasteiger partial charge is 0.337 e. The molecule has 12 heteroatoms. The zero-order chi connectivity index (χ0) is 32.6. The summed E-state index contributed by atoms with van der Waals surface area (Å²) in [5, 5.41) is 18.4. The number of halogens is 1. The second-order valence-corrected chi connectivity index (χ2v) is 12.4. The van der Waals surface area contributed by atoms with E-state index < -0.39 is 17.6 Å². The van der Waals surface area contributed by atoms with E-state index in [9.17, 15) is 28.8 Å². The second kappa shape index (κ2) is 14.7. The van der Waals surface area contributed by atoms with Gasteiger partial charge in [0.15, 0.2) is 0 Å². The number of anilines is 2. The zero-order valence-electron chi connectivity index (χ0n) is 24.6. The van der Waals surface area contributed by atoms with Crippen LogP contribution in [0.3, 0.4) is 0 Å². The molecule has 232 valence electrons. The highest BCUT2D eigenvalue weighted by molar-refractivity contribution is 8.00. The van der Waals surface area contributed by atoms with E-state index in [2.05, 4.69) is 22.0 Å². The van der Waals surface area contributed by atoms with Gasteiger partial charge in [0, 0.05) is 40.1 Å². The van der Waals surface area contributed by atoms with E-state index in [1.54, 1.807) is 65.6 Å². The highest BCUT2D eigenvalue weighted by atomic mass is 32.2. The van der Waals surface area contributed by atoms with E-state index in [0.29, 0.717) is 46.2 Å². The fourth-order valence-electron chi connectivity index (χ4n) is 4.74. The van der Waals surface area contributed by atoms with Crippen LogP contribution in [0, 0.1) is 17.1 Å². The molecule has 9 nitrogen and oxygen atoms in total. The van der Waals surface area contributed by atoms with E-state index in [1.165, 1.54) is 54.3 Å². The van der Waals surface area contributed by atoms with Gasteiger partial charge >= 0.3 is 0 Å². The first-order valence-electron chi connectivity index (χ1n) is 14.2. The molecule has 0 saturated carbocycles. The minimum atomic E-state index is -0.665. The van der Waals surface area contributed by atoms with E-state index in [0.717, 1.165) is 10.4 Å². The number of rotatable bonds is 9. The number of nitrogens with zero attached hydrogens (tertiary/aromatic N) is 2. The lowest BCUT2D eigenvalue weighted by Crippen LogP contribution is -2.33. The fraction of sp³-hybridized carbons (Fsp3) is 0.147. The first-order chi connectivity index (χ1) is 22.2. The van der Waals surface area contributed by atoms with Crippen molar-refractivity contribution in [3.8, 4) is 6.07 Å². The number of thiophene rings is 1. The van der Waals surface area contributed by atoms with Gasteiger partial charge in [-0.05, 0) is 54.5 Å². The molecule has 1 aliphatic rings. The zero-order valence-corrected chi connectivity index (χ0v) is 26.3. The number of hydrogen-bond donors (Lipinski definition) is 3. The van der Waals surface area contributed by atoms with Gasteiger partial charge in [0.25, 0.3) is 11.8 Å². The molecule has 0 bridgehead atoms. The van der Waals surface area contributed by atoms with Gasteiger partial charge < -0.3 is 20.9 Å². The lowest BCUT2D eigenvalue weighted by molar-refractivity contribution is -0.129. The maximum Gasteiger partial charge on any atom is 0.272 e. The van der Waals surface area contributed by atoms with Gasteiger partial charge in [-0.25, -0.2) is 4.39 Å². The van der Waals surface area contributed by atoms with E-state index in [1.807, 2.05) is 0 Å². The predicted octanol–water partition coefficient (Wildman–Crippen LogP) is 5.80. The lowest BCUT2D eigenvalue weighted by atomic mass is 10.0. The molecule has 0 atom stereocenters. The molecule has 0 aliphatic carbocycles. The summed E-state index contributed by atoms with van der Waals surface area (Å²) in [7, 11) is 0. The number of hydrogen-bond acceptors (Lipinski definition) is 7. The third-order valence-corrected chi connectivity index (χ3v) is 9.19. The molecule has 46 heavy (non-hydrogen) atoms. The molecule has 1 aromatic heterocycles. The van der Waals surface area contributed by atoms with Gasteiger partial charge in [0.1, 0.15) is 22.6 Å². The van der Waals surface area contributed by atoms with Crippen LogP contribution < -0.4 is 16.0 Å². The molecule has 3 N–H and O–H groups in total. The van der Waals surface area contributed by atoms with E-state index >= 15 is 0 Å². The summed E-state index contributed by atoms with van der Waals surface area (Å²) in [6.07, 6.45) is 1.83. The van der Waals surface area contributed by atoms with Crippen molar-refractivity contribution in [3.05, 3.63) is 118 Å². The lowest BCUT2D eigenvalue weighted by Gasteiger charge is -2.25. The number of amides is 4. The van der Waals surface area contributed by atoms with Gasteiger partial charge in [0.2, 0.25) is 11.8 Å². The highest BCUT2D eigenvalue weighted by Crippen LogP contribution is 2.37. The third-order valence-electron chi connectivity index (χ3n) is 7.06. The molecule has 3 aromatic carbocycles. The number of fused-ring (bicyclic) bond motifs is 1. The van der Waals surface area contributed by atoms with Gasteiger partial charge in [-0.1, -0.05) is 42.5 Å². The maximum absolute atomic E-state index is 14.4.